The molecule has 35 heavy (non-hydrogen) atoms. The molecular weight excluding hydrogens is 444 g/mol. The van der Waals surface area contributed by atoms with Crippen LogP contribution in [0.25, 0.3) is 0 Å². The molecule has 3 amide bonds. The summed E-state index contributed by atoms with van der Waals surface area (Å²) >= 11 is 0. The van der Waals surface area contributed by atoms with Gasteiger partial charge in [-0.2, -0.15) is 0 Å². The molecule has 2 aliphatic rings. The number of hydrogen-bond donors (Lipinski definition) is 1. The molecule has 2 aliphatic heterocycles. The molecule has 0 saturated carbocycles. The lowest BCUT2D eigenvalue weighted by molar-refractivity contribution is -0.129. The fraction of sp³-hybridized carbons (Fsp3) is 0.250. The van der Waals surface area contributed by atoms with Gasteiger partial charge in [0.05, 0.1) is 19.8 Å². The lowest BCUT2D eigenvalue weighted by Crippen LogP contribution is -2.45. The van der Waals surface area contributed by atoms with E-state index in [9.17, 15) is 14.4 Å². The summed E-state index contributed by atoms with van der Waals surface area (Å²) in [6.07, 6.45) is 0.750. The van der Waals surface area contributed by atoms with E-state index in [1.165, 1.54) is 0 Å². The van der Waals surface area contributed by atoms with Crippen molar-refractivity contribution in [2.24, 2.45) is 0 Å². The summed E-state index contributed by atoms with van der Waals surface area (Å²) in [5, 5.41) is 2.90. The lowest BCUT2D eigenvalue weighted by atomic mass is 9.81. The highest BCUT2D eigenvalue weighted by Gasteiger charge is 2.54. The molecule has 1 fully saturated rings. The van der Waals surface area contributed by atoms with E-state index < -0.39 is 17.5 Å². The smallest absolute Gasteiger partial charge is 0.325 e. The molecule has 7 nitrogen and oxygen atoms in total. The molecule has 2 heterocycles. The van der Waals surface area contributed by atoms with Crippen molar-refractivity contribution in [3.63, 3.8) is 0 Å². The second kappa shape index (κ2) is 8.91. The van der Waals surface area contributed by atoms with Gasteiger partial charge in [-0.15, -0.1) is 0 Å². The molecule has 0 bridgehead atoms. The number of ether oxygens (including phenoxy) is 2. The van der Waals surface area contributed by atoms with Crippen LogP contribution in [0.3, 0.4) is 0 Å². The number of urea groups is 1. The monoisotopic (exact) mass is 470 g/mol. The maximum absolute atomic E-state index is 13.9. The van der Waals surface area contributed by atoms with Crippen molar-refractivity contribution in [3.8, 4) is 11.5 Å². The molecule has 7 heteroatoms. The molecule has 0 aromatic heterocycles. The van der Waals surface area contributed by atoms with E-state index in [0.29, 0.717) is 41.4 Å². The van der Waals surface area contributed by atoms with Gasteiger partial charge in [0.15, 0.2) is 22.8 Å². The van der Waals surface area contributed by atoms with Gasteiger partial charge >= 0.3 is 6.03 Å². The fourth-order valence-electron chi connectivity index (χ4n) is 4.51. The van der Waals surface area contributed by atoms with Gasteiger partial charge in [0.25, 0.3) is 5.91 Å². The fourth-order valence-corrected chi connectivity index (χ4v) is 4.51. The molecule has 1 N–H and O–H groups in total. The number of imide groups is 1. The average molecular weight is 471 g/mol. The highest BCUT2D eigenvalue weighted by molar-refractivity contribution is 6.13. The number of aryl methyl sites for hydroxylation is 2. The topological polar surface area (TPSA) is 84.9 Å². The van der Waals surface area contributed by atoms with Gasteiger partial charge in [0, 0.05) is 12.0 Å². The summed E-state index contributed by atoms with van der Waals surface area (Å²) in [5.41, 5.74) is 2.29. The number of carbonyl (C=O) groups excluding carboxylic acids is 3. The zero-order valence-electron chi connectivity index (χ0n) is 19.7. The van der Waals surface area contributed by atoms with Crippen molar-refractivity contribution in [1.82, 2.24) is 10.2 Å². The van der Waals surface area contributed by atoms with Crippen molar-refractivity contribution in [2.75, 3.05) is 19.8 Å². The van der Waals surface area contributed by atoms with Crippen LogP contribution in [0.5, 0.6) is 11.5 Å². The third kappa shape index (κ3) is 3.93. The second-order valence-electron chi connectivity index (χ2n) is 8.87. The molecule has 178 valence electrons. The quantitative estimate of drug-likeness (QED) is 0.448. The number of benzene rings is 3. The summed E-state index contributed by atoms with van der Waals surface area (Å²) in [5.74, 6) is 0.207. The normalized spacial score (nSPS) is 19.3. The van der Waals surface area contributed by atoms with E-state index in [0.717, 1.165) is 22.4 Å². The first kappa shape index (κ1) is 22.7. The van der Waals surface area contributed by atoms with Gasteiger partial charge in [-0.1, -0.05) is 48.5 Å². The maximum atomic E-state index is 13.9. The van der Waals surface area contributed by atoms with Gasteiger partial charge in [-0.25, -0.2) is 4.79 Å². The SMILES string of the molecule is Cc1ccc(C2(c3ccccc3)NC(=O)N(CC(=O)c3ccc4c(c3)OCCCO4)C2=O)cc1C. The highest BCUT2D eigenvalue weighted by Crippen LogP contribution is 2.37. The van der Waals surface area contributed by atoms with Gasteiger partial charge in [-0.3, -0.25) is 14.5 Å². The molecular formula is C28H26N2O5. The number of fused-ring (bicyclic) bond motifs is 1. The Kier molecular flexibility index (Phi) is 5.76. The Hall–Kier alpha value is -4.13. The number of ketones is 1. The van der Waals surface area contributed by atoms with Crippen LogP contribution >= 0.6 is 0 Å². The Balaban J connectivity index is 1.49. The van der Waals surface area contributed by atoms with E-state index in [2.05, 4.69) is 5.32 Å². The van der Waals surface area contributed by atoms with Crippen LogP contribution < -0.4 is 14.8 Å². The summed E-state index contributed by atoms with van der Waals surface area (Å²) < 4.78 is 11.3. The van der Waals surface area contributed by atoms with E-state index >= 15 is 0 Å². The summed E-state index contributed by atoms with van der Waals surface area (Å²) in [6.45, 7) is 4.60. The first-order valence-electron chi connectivity index (χ1n) is 11.6. The Morgan fingerprint density at radius 3 is 2.37 bits per heavy atom. The molecule has 5 rings (SSSR count). The number of nitrogens with one attached hydrogen (secondary N) is 1. The predicted octanol–water partition coefficient (Wildman–Crippen LogP) is 4.14. The van der Waals surface area contributed by atoms with Crippen LogP contribution in [-0.4, -0.2) is 42.4 Å². The number of rotatable bonds is 5. The van der Waals surface area contributed by atoms with E-state index in [4.69, 9.17) is 9.47 Å². The van der Waals surface area contributed by atoms with Crippen LogP contribution in [0, 0.1) is 13.8 Å². The Bertz CT molecular complexity index is 1320. The van der Waals surface area contributed by atoms with Crippen LogP contribution in [-0.2, 0) is 10.3 Å². The van der Waals surface area contributed by atoms with Crippen LogP contribution in [0.1, 0.15) is 39.0 Å². The lowest BCUT2D eigenvalue weighted by Gasteiger charge is -2.28. The Morgan fingerprint density at radius 1 is 0.886 bits per heavy atom. The minimum absolute atomic E-state index is 0.346. The van der Waals surface area contributed by atoms with Crippen molar-refractivity contribution < 1.29 is 23.9 Å². The average Bonchev–Trinajstić information content (AvgIpc) is 3.01. The molecule has 1 saturated heterocycles. The molecule has 3 aromatic rings. The highest BCUT2D eigenvalue weighted by atomic mass is 16.5. The van der Waals surface area contributed by atoms with Crippen molar-refractivity contribution >= 4 is 17.7 Å². The largest absolute Gasteiger partial charge is 0.490 e. The summed E-state index contributed by atoms with van der Waals surface area (Å²) in [6, 6.07) is 19.1. The standard InChI is InChI=1S/C28H26N2O5/c1-18-9-11-22(15-19(18)2)28(21-7-4-3-5-8-21)26(32)30(27(33)29-28)17-23(31)20-10-12-24-25(16-20)35-14-6-13-34-24/h3-5,7-12,15-16H,6,13-14,17H2,1-2H3,(H,29,33). The molecule has 0 spiro atoms. The van der Waals surface area contributed by atoms with Crippen LogP contribution in [0.2, 0.25) is 0 Å². The van der Waals surface area contributed by atoms with Crippen molar-refractivity contribution in [3.05, 3.63) is 94.5 Å². The molecule has 0 radical (unpaired) electrons. The second-order valence-corrected chi connectivity index (χ2v) is 8.87. The maximum Gasteiger partial charge on any atom is 0.325 e. The molecule has 3 aromatic carbocycles. The zero-order valence-corrected chi connectivity index (χ0v) is 19.7. The molecule has 1 unspecified atom stereocenters. The summed E-state index contributed by atoms with van der Waals surface area (Å²) in [4.78, 5) is 41.2. The summed E-state index contributed by atoms with van der Waals surface area (Å²) in [7, 11) is 0. The third-order valence-electron chi connectivity index (χ3n) is 6.62. The van der Waals surface area contributed by atoms with E-state index in [-0.39, 0.29) is 12.3 Å². The van der Waals surface area contributed by atoms with Gasteiger partial charge < -0.3 is 14.8 Å². The number of nitrogens with zero attached hydrogens (tertiary/aromatic N) is 1. The van der Waals surface area contributed by atoms with Crippen molar-refractivity contribution in [2.45, 2.75) is 25.8 Å². The van der Waals surface area contributed by atoms with Gasteiger partial charge in [-0.05, 0) is 54.3 Å². The van der Waals surface area contributed by atoms with E-state index in [1.807, 2.05) is 62.4 Å². The van der Waals surface area contributed by atoms with Crippen molar-refractivity contribution in [1.29, 1.82) is 0 Å². The van der Waals surface area contributed by atoms with Crippen LogP contribution in [0.4, 0.5) is 4.79 Å². The number of hydrogen-bond acceptors (Lipinski definition) is 5. The Morgan fingerprint density at radius 2 is 1.63 bits per heavy atom. The van der Waals surface area contributed by atoms with Gasteiger partial charge in [0.2, 0.25) is 0 Å². The molecule has 1 atom stereocenters. The third-order valence-corrected chi connectivity index (χ3v) is 6.62. The first-order chi connectivity index (χ1) is 16.9. The number of Topliss-reactive ketones (excluding diaryl/α,β-unsaturated/α-hetero) is 1. The van der Waals surface area contributed by atoms with Gasteiger partial charge in [0.1, 0.15) is 0 Å². The number of carbonyl (C=O) groups is 3. The number of amides is 3. The Labute approximate surface area is 203 Å². The van der Waals surface area contributed by atoms with E-state index in [1.54, 1.807) is 18.2 Å². The van der Waals surface area contributed by atoms with Crippen LogP contribution in [0.15, 0.2) is 66.7 Å². The predicted molar refractivity (Wildman–Crippen MR) is 130 cm³/mol. The minimum atomic E-state index is -1.41. The first-order valence-corrected chi connectivity index (χ1v) is 11.6. The zero-order chi connectivity index (χ0) is 24.6. The minimum Gasteiger partial charge on any atom is -0.490 e. The molecule has 0 aliphatic carbocycles.